The van der Waals surface area contributed by atoms with E-state index < -0.39 is 5.91 Å². The number of amides is 1. The van der Waals surface area contributed by atoms with Crippen LogP contribution in [-0.2, 0) is 0 Å². The van der Waals surface area contributed by atoms with E-state index in [1.165, 1.54) is 0 Å². The number of benzene rings is 1. The molecule has 1 aromatic heterocycles. The van der Waals surface area contributed by atoms with Crippen LogP contribution in [0.1, 0.15) is 34.9 Å². The number of para-hydroxylation sites is 1. The molecule has 7 heteroatoms. The summed E-state index contributed by atoms with van der Waals surface area (Å²) in [6.45, 7) is 0. The van der Waals surface area contributed by atoms with E-state index in [9.17, 15) is 4.79 Å². The van der Waals surface area contributed by atoms with Crippen molar-refractivity contribution in [2.45, 2.75) is 18.8 Å². The van der Waals surface area contributed by atoms with Gasteiger partial charge in [0.15, 0.2) is 0 Å². The Morgan fingerprint density at radius 1 is 1.29 bits per heavy atom. The second-order valence-electron chi connectivity index (χ2n) is 4.83. The van der Waals surface area contributed by atoms with Gasteiger partial charge in [0.25, 0.3) is 5.91 Å². The zero-order valence-corrected chi connectivity index (χ0v) is 11.2. The number of carbonyl (C=O) groups is 1. The Balaban J connectivity index is 1.94. The molecule has 1 aliphatic rings. The molecule has 1 heterocycles. The van der Waals surface area contributed by atoms with Crippen molar-refractivity contribution in [3.63, 3.8) is 0 Å². The normalized spacial score (nSPS) is 13.8. The van der Waals surface area contributed by atoms with Crippen LogP contribution >= 0.6 is 0 Å². The van der Waals surface area contributed by atoms with Crippen LogP contribution in [0.2, 0.25) is 0 Å². The average molecular weight is 285 g/mol. The first-order valence-corrected chi connectivity index (χ1v) is 6.59. The van der Waals surface area contributed by atoms with E-state index in [2.05, 4.69) is 15.4 Å². The number of carbonyl (C=O) groups excluding carboxylic acids is 1. The molecular weight excluding hydrogens is 270 g/mol. The van der Waals surface area contributed by atoms with Crippen molar-refractivity contribution in [2.24, 2.45) is 11.6 Å². The monoisotopic (exact) mass is 285 g/mol. The molecule has 0 bridgehead atoms. The van der Waals surface area contributed by atoms with Gasteiger partial charge in [0.1, 0.15) is 17.4 Å². The van der Waals surface area contributed by atoms with Gasteiger partial charge in [-0.25, -0.2) is 10.8 Å². The van der Waals surface area contributed by atoms with Gasteiger partial charge in [0.2, 0.25) is 5.88 Å². The Bertz CT molecular complexity index is 685. The smallest absolute Gasteiger partial charge is 0.252 e. The van der Waals surface area contributed by atoms with Crippen LogP contribution in [0, 0.1) is 0 Å². The summed E-state index contributed by atoms with van der Waals surface area (Å²) in [6, 6.07) is 8.31. The summed E-state index contributed by atoms with van der Waals surface area (Å²) in [4.78, 5) is 20.0. The number of rotatable bonds is 5. The third-order valence-electron chi connectivity index (χ3n) is 3.18. The highest BCUT2D eigenvalue weighted by atomic mass is 16.5. The highest BCUT2D eigenvalue weighted by molar-refractivity contribution is 5.95. The molecule has 108 valence electrons. The van der Waals surface area contributed by atoms with Crippen LogP contribution < -0.4 is 21.7 Å². The third kappa shape index (κ3) is 2.92. The van der Waals surface area contributed by atoms with E-state index in [-0.39, 0.29) is 0 Å². The van der Waals surface area contributed by atoms with Gasteiger partial charge in [-0.05, 0) is 25.0 Å². The third-order valence-corrected chi connectivity index (χ3v) is 3.18. The second kappa shape index (κ2) is 5.37. The maximum atomic E-state index is 11.4. The van der Waals surface area contributed by atoms with Gasteiger partial charge in [0.05, 0.1) is 5.56 Å². The van der Waals surface area contributed by atoms with E-state index in [0.29, 0.717) is 34.8 Å². The lowest BCUT2D eigenvalue weighted by molar-refractivity contribution is 0.0998. The molecule has 5 N–H and O–H groups in total. The number of anilines is 1. The van der Waals surface area contributed by atoms with Gasteiger partial charge in [-0.1, -0.05) is 12.1 Å². The Morgan fingerprint density at radius 3 is 2.71 bits per heavy atom. The number of hydrogen-bond acceptors (Lipinski definition) is 6. The zero-order chi connectivity index (χ0) is 14.8. The van der Waals surface area contributed by atoms with Crippen molar-refractivity contribution in [1.29, 1.82) is 0 Å². The highest BCUT2D eigenvalue weighted by Gasteiger charge is 2.27. The van der Waals surface area contributed by atoms with E-state index >= 15 is 0 Å². The Labute approximate surface area is 121 Å². The maximum Gasteiger partial charge on any atom is 0.252 e. The van der Waals surface area contributed by atoms with Crippen LogP contribution in [0.5, 0.6) is 11.6 Å². The number of hydrogen-bond donors (Lipinski definition) is 3. The topological polar surface area (TPSA) is 116 Å². The summed E-state index contributed by atoms with van der Waals surface area (Å²) >= 11 is 0. The molecule has 1 aliphatic carbocycles. The fraction of sp³-hybridized carbons (Fsp3) is 0.214. The fourth-order valence-electron chi connectivity index (χ4n) is 1.97. The summed E-state index contributed by atoms with van der Waals surface area (Å²) < 4.78 is 5.68. The van der Waals surface area contributed by atoms with Crippen LogP contribution in [0.3, 0.4) is 0 Å². The quantitative estimate of drug-likeness (QED) is 0.566. The number of nitrogens with two attached hydrogens (primary N) is 2. The largest absolute Gasteiger partial charge is 0.438 e. The first-order valence-electron chi connectivity index (χ1n) is 6.59. The Morgan fingerprint density at radius 2 is 2.05 bits per heavy atom. The molecule has 0 saturated heterocycles. The summed E-state index contributed by atoms with van der Waals surface area (Å²) in [5, 5.41) is 0. The average Bonchev–Trinajstić information content (AvgIpc) is 3.32. The van der Waals surface area contributed by atoms with E-state index in [1.54, 1.807) is 30.3 Å². The summed E-state index contributed by atoms with van der Waals surface area (Å²) in [5.41, 5.74) is 8.12. The van der Waals surface area contributed by atoms with Crippen molar-refractivity contribution in [2.75, 3.05) is 5.43 Å². The molecule has 0 radical (unpaired) electrons. The number of nitrogens with one attached hydrogen (secondary N) is 1. The minimum absolute atomic E-state index is 0.298. The zero-order valence-electron chi connectivity index (χ0n) is 11.2. The number of primary amides is 1. The predicted octanol–water partition coefficient (Wildman–Crippen LogP) is 1.53. The van der Waals surface area contributed by atoms with Crippen LogP contribution in [-0.4, -0.2) is 15.9 Å². The molecule has 0 aliphatic heterocycles. The summed E-state index contributed by atoms with van der Waals surface area (Å²) in [7, 11) is 0. The molecule has 7 nitrogen and oxygen atoms in total. The molecule has 1 saturated carbocycles. The number of ether oxygens (including phenoxy) is 1. The lowest BCUT2D eigenvalue weighted by Gasteiger charge is -2.10. The Hall–Kier alpha value is -2.67. The molecule has 0 unspecified atom stereocenters. The summed E-state index contributed by atoms with van der Waals surface area (Å²) in [5.74, 6) is 7.05. The number of nitrogens with zero attached hydrogens (tertiary/aromatic N) is 2. The number of hydrazine groups is 1. The van der Waals surface area contributed by atoms with Gasteiger partial charge in [-0.15, -0.1) is 0 Å². The second-order valence-corrected chi connectivity index (χ2v) is 4.83. The molecule has 1 amide bonds. The van der Waals surface area contributed by atoms with Crippen molar-refractivity contribution in [1.82, 2.24) is 9.97 Å². The van der Waals surface area contributed by atoms with Crippen LogP contribution in [0.4, 0.5) is 5.82 Å². The first-order chi connectivity index (χ1) is 10.2. The van der Waals surface area contributed by atoms with Gasteiger partial charge in [-0.3, -0.25) is 4.79 Å². The summed E-state index contributed by atoms with van der Waals surface area (Å²) in [6.07, 6.45) is 2.12. The van der Waals surface area contributed by atoms with Gasteiger partial charge in [0, 0.05) is 12.0 Å². The van der Waals surface area contributed by atoms with E-state index in [0.717, 1.165) is 12.8 Å². The SMILES string of the molecule is NNc1cc(Oc2ccccc2C(N)=O)nc(C2CC2)n1. The molecule has 0 spiro atoms. The van der Waals surface area contributed by atoms with E-state index in [1.807, 2.05) is 0 Å². The van der Waals surface area contributed by atoms with Gasteiger partial charge >= 0.3 is 0 Å². The maximum absolute atomic E-state index is 11.4. The molecule has 0 atom stereocenters. The predicted molar refractivity (Wildman–Crippen MR) is 76.9 cm³/mol. The number of nitrogen functional groups attached to an aromatic ring is 1. The lowest BCUT2D eigenvalue weighted by Crippen LogP contribution is -2.13. The standard InChI is InChI=1S/C14H15N5O2/c15-13(20)9-3-1-2-4-10(9)21-12-7-11(19-16)17-14(18-12)8-5-6-8/h1-4,7-8H,5-6,16H2,(H2,15,20)(H,17,18,19). The molecular formula is C14H15N5O2. The van der Waals surface area contributed by atoms with E-state index in [4.69, 9.17) is 16.3 Å². The van der Waals surface area contributed by atoms with Crippen molar-refractivity contribution < 1.29 is 9.53 Å². The molecule has 21 heavy (non-hydrogen) atoms. The molecule has 2 aromatic rings. The first kappa shape index (κ1) is 13.3. The minimum Gasteiger partial charge on any atom is -0.438 e. The van der Waals surface area contributed by atoms with Gasteiger partial charge in [-0.2, -0.15) is 4.98 Å². The molecule has 3 rings (SSSR count). The fourth-order valence-corrected chi connectivity index (χ4v) is 1.97. The Kier molecular flexibility index (Phi) is 3.41. The van der Waals surface area contributed by atoms with Crippen molar-refractivity contribution in [3.05, 3.63) is 41.7 Å². The minimum atomic E-state index is -0.556. The molecule has 1 aromatic carbocycles. The lowest BCUT2D eigenvalue weighted by atomic mass is 10.2. The van der Waals surface area contributed by atoms with Crippen LogP contribution in [0.25, 0.3) is 0 Å². The van der Waals surface area contributed by atoms with Crippen molar-refractivity contribution in [3.8, 4) is 11.6 Å². The van der Waals surface area contributed by atoms with Crippen molar-refractivity contribution >= 4 is 11.7 Å². The van der Waals surface area contributed by atoms with Crippen LogP contribution in [0.15, 0.2) is 30.3 Å². The molecule has 1 fully saturated rings. The highest BCUT2D eigenvalue weighted by Crippen LogP contribution is 2.39. The van der Waals surface area contributed by atoms with Gasteiger partial charge < -0.3 is 15.9 Å². The number of aromatic nitrogens is 2.